The Morgan fingerprint density at radius 3 is 2.30 bits per heavy atom. The predicted molar refractivity (Wildman–Crippen MR) is 73.7 cm³/mol. The van der Waals surface area contributed by atoms with Crippen LogP contribution in [0.15, 0.2) is 40.9 Å². The SMILES string of the molecule is CC(O)(Cc1cccc(F)c1Br)c1cc(F)cc(F)c1. The van der Waals surface area contributed by atoms with Crippen molar-refractivity contribution < 1.29 is 18.3 Å². The van der Waals surface area contributed by atoms with E-state index < -0.39 is 23.1 Å². The van der Waals surface area contributed by atoms with Gasteiger partial charge in [-0.2, -0.15) is 0 Å². The summed E-state index contributed by atoms with van der Waals surface area (Å²) in [4.78, 5) is 0. The lowest BCUT2D eigenvalue weighted by Gasteiger charge is -2.25. The van der Waals surface area contributed by atoms with Crippen LogP contribution in [0.3, 0.4) is 0 Å². The van der Waals surface area contributed by atoms with Gasteiger partial charge in [0.1, 0.15) is 17.5 Å². The van der Waals surface area contributed by atoms with Gasteiger partial charge >= 0.3 is 0 Å². The molecule has 5 heteroatoms. The Morgan fingerprint density at radius 2 is 1.70 bits per heavy atom. The fourth-order valence-electron chi connectivity index (χ4n) is 2.02. The first kappa shape index (κ1) is 15.1. The topological polar surface area (TPSA) is 20.2 Å². The highest BCUT2D eigenvalue weighted by molar-refractivity contribution is 9.10. The second kappa shape index (κ2) is 5.58. The lowest BCUT2D eigenvalue weighted by Crippen LogP contribution is -2.25. The van der Waals surface area contributed by atoms with Gasteiger partial charge in [-0.3, -0.25) is 0 Å². The summed E-state index contributed by atoms with van der Waals surface area (Å²) in [6.45, 7) is 1.43. The standard InChI is InChI=1S/C15H12BrF3O/c1-15(20,10-5-11(17)7-12(18)6-10)8-9-3-2-4-13(19)14(9)16/h2-7,20H,8H2,1H3. The summed E-state index contributed by atoms with van der Waals surface area (Å²) < 4.78 is 40.1. The molecule has 0 saturated carbocycles. The summed E-state index contributed by atoms with van der Waals surface area (Å²) in [6.07, 6.45) is 0.0221. The Labute approximate surface area is 123 Å². The van der Waals surface area contributed by atoms with E-state index in [2.05, 4.69) is 15.9 Å². The second-order valence-corrected chi connectivity index (χ2v) is 5.61. The normalized spacial score (nSPS) is 14.1. The maximum atomic E-state index is 13.4. The number of benzene rings is 2. The van der Waals surface area contributed by atoms with Crippen LogP contribution in [0.2, 0.25) is 0 Å². The van der Waals surface area contributed by atoms with Crippen LogP contribution in [0.1, 0.15) is 18.1 Å². The highest BCUT2D eigenvalue weighted by Gasteiger charge is 2.26. The quantitative estimate of drug-likeness (QED) is 0.879. The van der Waals surface area contributed by atoms with Crippen LogP contribution in [-0.2, 0) is 12.0 Å². The molecule has 2 aromatic carbocycles. The van der Waals surface area contributed by atoms with Crippen molar-refractivity contribution in [1.82, 2.24) is 0 Å². The average Bonchev–Trinajstić information content (AvgIpc) is 2.33. The second-order valence-electron chi connectivity index (χ2n) is 4.82. The largest absolute Gasteiger partial charge is 0.385 e. The molecule has 0 bridgehead atoms. The Kier molecular flexibility index (Phi) is 4.20. The molecule has 0 aliphatic rings. The molecule has 1 nitrogen and oxygen atoms in total. The molecule has 0 fully saturated rings. The van der Waals surface area contributed by atoms with Crippen LogP contribution < -0.4 is 0 Å². The van der Waals surface area contributed by atoms with E-state index in [0.29, 0.717) is 5.56 Å². The minimum Gasteiger partial charge on any atom is -0.385 e. The van der Waals surface area contributed by atoms with Crippen molar-refractivity contribution in [3.05, 3.63) is 69.4 Å². The number of rotatable bonds is 3. The zero-order chi connectivity index (χ0) is 14.9. The van der Waals surface area contributed by atoms with E-state index in [0.717, 1.165) is 18.2 Å². The highest BCUT2D eigenvalue weighted by atomic mass is 79.9. The van der Waals surface area contributed by atoms with Crippen molar-refractivity contribution in [3.8, 4) is 0 Å². The third-order valence-corrected chi connectivity index (χ3v) is 3.94. The van der Waals surface area contributed by atoms with Gasteiger partial charge in [0.15, 0.2) is 0 Å². The van der Waals surface area contributed by atoms with Gasteiger partial charge in [-0.1, -0.05) is 12.1 Å². The van der Waals surface area contributed by atoms with Crippen molar-refractivity contribution in [2.75, 3.05) is 0 Å². The van der Waals surface area contributed by atoms with Gasteiger partial charge in [-0.15, -0.1) is 0 Å². The maximum absolute atomic E-state index is 13.4. The number of aliphatic hydroxyl groups is 1. The van der Waals surface area contributed by atoms with Gasteiger partial charge in [0.2, 0.25) is 0 Å². The first-order valence-electron chi connectivity index (χ1n) is 5.91. The molecule has 0 aliphatic carbocycles. The highest BCUT2D eigenvalue weighted by Crippen LogP contribution is 2.30. The lowest BCUT2D eigenvalue weighted by atomic mass is 9.89. The zero-order valence-electron chi connectivity index (χ0n) is 10.6. The molecule has 1 atom stereocenters. The third-order valence-electron chi connectivity index (χ3n) is 3.05. The molecular weight excluding hydrogens is 333 g/mol. The summed E-state index contributed by atoms with van der Waals surface area (Å²) in [5.74, 6) is -1.99. The molecule has 2 aromatic rings. The Morgan fingerprint density at radius 1 is 1.10 bits per heavy atom. The predicted octanol–water partition coefficient (Wildman–Crippen LogP) is 4.32. The van der Waals surface area contributed by atoms with Crippen molar-refractivity contribution in [3.63, 3.8) is 0 Å². The molecule has 0 amide bonds. The molecule has 2 rings (SSSR count). The van der Waals surface area contributed by atoms with Gasteiger partial charge < -0.3 is 5.11 Å². The van der Waals surface area contributed by atoms with Gasteiger partial charge in [0.05, 0.1) is 10.1 Å². The molecule has 20 heavy (non-hydrogen) atoms. The fraction of sp³-hybridized carbons (Fsp3) is 0.200. The van der Waals surface area contributed by atoms with E-state index >= 15 is 0 Å². The van der Waals surface area contributed by atoms with Gasteiger partial charge in [-0.05, 0) is 52.2 Å². The first-order chi connectivity index (χ1) is 9.29. The summed E-state index contributed by atoms with van der Waals surface area (Å²) in [7, 11) is 0. The molecule has 0 saturated heterocycles. The number of hydrogen-bond donors (Lipinski definition) is 1. The molecule has 0 aromatic heterocycles. The summed E-state index contributed by atoms with van der Waals surface area (Å²) in [6, 6.07) is 7.29. The molecule has 106 valence electrons. The van der Waals surface area contributed by atoms with Crippen molar-refractivity contribution in [2.24, 2.45) is 0 Å². The van der Waals surface area contributed by atoms with E-state index in [9.17, 15) is 18.3 Å². The van der Waals surface area contributed by atoms with Crippen LogP contribution in [0.4, 0.5) is 13.2 Å². The van der Waals surface area contributed by atoms with Gasteiger partial charge in [0, 0.05) is 12.5 Å². The number of hydrogen-bond acceptors (Lipinski definition) is 1. The van der Waals surface area contributed by atoms with Gasteiger partial charge in [-0.25, -0.2) is 13.2 Å². The van der Waals surface area contributed by atoms with Crippen molar-refractivity contribution in [1.29, 1.82) is 0 Å². The minimum absolute atomic E-state index is 0.0221. The van der Waals surface area contributed by atoms with Gasteiger partial charge in [0.25, 0.3) is 0 Å². The van der Waals surface area contributed by atoms with Crippen LogP contribution in [0, 0.1) is 17.5 Å². The fourth-order valence-corrected chi connectivity index (χ4v) is 2.43. The van der Waals surface area contributed by atoms with E-state index in [1.807, 2.05) is 0 Å². The van der Waals surface area contributed by atoms with Crippen LogP contribution in [0.5, 0.6) is 0 Å². The molecule has 1 unspecified atom stereocenters. The van der Waals surface area contributed by atoms with Crippen LogP contribution in [0.25, 0.3) is 0 Å². The monoisotopic (exact) mass is 344 g/mol. The molecule has 1 N–H and O–H groups in total. The molecule has 0 heterocycles. The molecule has 0 radical (unpaired) electrons. The Balaban J connectivity index is 2.37. The smallest absolute Gasteiger partial charge is 0.137 e. The summed E-state index contributed by atoms with van der Waals surface area (Å²) >= 11 is 3.10. The van der Waals surface area contributed by atoms with Crippen LogP contribution in [-0.4, -0.2) is 5.11 Å². The van der Waals surface area contributed by atoms with E-state index in [4.69, 9.17) is 0 Å². The first-order valence-corrected chi connectivity index (χ1v) is 6.71. The van der Waals surface area contributed by atoms with E-state index in [-0.39, 0.29) is 16.5 Å². The molecule has 0 spiro atoms. The van der Waals surface area contributed by atoms with Crippen LogP contribution >= 0.6 is 15.9 Å². The third kappa shape index (κ3) is 3.22. The summed E-state index contributed by atoms with van der Waals surface area (Å²) in [5, 5.41) is 10.4. The Bertz CT molecular complexity index is 621. The van der Waals surface area contributed by atoms with Crippen molar-refractivity contribution >= 4 is 15.9 Å². The zero-order valence-corrected chi connectivity index (χ0v) is 12.2. The summed E-state index contributed by atoms with van der Waals surface area (Å²) in [5.41, 5.74) is -0.898. The lowest BCUT2D eigenvalue weighted by molar-refractivity contribution is 0.0567. The van der Waals surface area contributed by atoms with Crippen molar-refractivity contribution in [2.45, 2.75) is 18.9 Å². The minimum atomic E-state index is -1.51. The molecular formula is C15H12BrF3O. The van der Waals surface area contributed by atoms with E-state index in [1.165, 1.54) is 19.1 Å². The Hall–Kier alpha value is -1.33. The van der Waals surface area contributed by atoms with E-state index in [1.54, 1.807) is 6.07 Å². The number of halogens is 4. The molecule has 0 aliphatic heterocycles. The maximum Gasteiger partial charge on any atom is 0.137 e. The average molecular weight is 345 g/mol.